The van der Waals surface area contributed by atoms with Crippen LogP contribution in [0.2, 0.25) is 0 Å². The van der Waals surface area contributed by atoms with E-state index in [0.29, 0.717) is 17.0 Å². The molecule has 0 aliphatic heterocycles. The molecule has 0 radical (unpaired) electrons. The molecule has 25 heavy (non-hydrogen) atoms. The van der Waals surface area contributed by atoms with Crippen LogP contribution >= 0.6 is 0 Å². The number of carbonyl (C=O) groups is 1. The van der Waals surface area contributed by atoms with Gasteiger partial charge in [-0.1, -0.05) is 31.4 Å². The van der Waals surface area contributed by atoms with Gasteiger partial charge in [0.1, 0.15) is 0 Å². The Bertz CT molecular complexity index is 778. The fraction of sp³-hybridized carbons (Fsp3) is 0.350. The van der Waals surface area contributed by atoms with Crippen LogP contribution in [-0.4, -0.2) is 10.8 Å². The van der Waals surface area contributed by atoms with E-state index in [4.69, 9.17) is 0 Å². The van der Waals surface area contributed by atoms with E-state index in [9.17, 15) is 14.9 Å². The molecule has 0 spiro atoms. The van der Waals surface area contributed by atoms with E-state index in [1.807, 2.05) is 12.1 Å². The maximum atomic E-state index is 12.4. The Morgan fingerprint density at radius 1 is 1.08 bits per heavy atom. The van der Waals surface area contributed by atoms with Crippen LogP contribution in [0.1, 0.15) is 59.5 Å². The molecule has 1 aliphatic rings. The summed E-state index contributed by atoms with van der Waals surface area (Å²) in [6, 6.07) is 12.4. The van der Waals surface area contributed by atoms with Gasteiger partial charge in [-0.3, -0.25) is 14.9 Å². The summed E-state index contributed by atoms with van der Waals surface area (Å²) in [5, 5.41) is 13.7. The number of nitro groups is 1. The molecule has 1 amide bonds. The van der Waals surface area contributed by atoms with E-state index in [2.05, 4.69) is 17.4 Å². The lowest BCUT2D eigenvalue weighted by Crippen LogP contribution is -2.12. The van der Waals surface area contributed by atoms with Crippen LogP contribution in [-0.2, 0) is 0 Å². The summed E-state index contributed by atoms with van der Waals surface area (Å²) in [5.74, 6) is 0.374. The summed E-state index contributed by atoms with van der Waals surface area (Å²) in [4.78, 5) is 22.8. The fourth-order valence-corrected chi connectivity index (χ4v) is 3.48. The number of hydrogen-bond acceptors (Lipinski definition) is 3. The third-order valence-corrected chi connectivity index (χ3v) is 4.90. The van der Waals surface area contributed by atoms with Crippen molar-refractivity contribution in [3.8, 4) is 0 Å². The number of carbonyl (C=O) groups excluding carboxylic acids is 1. The van der Waals surface area contributed by atoms with Gasteiger partial charge < -0.3 is 5.32 Å². The Balaban J connectivity index is 1.68. The zero-order valence-electron chi connectivity index (χ0n) is 14.3. The van der Waals surface area contributed by atoms with E-state index >= 15 is 0 Å². The van der Waals surface area contributed by atoms with Gasteiger partial charge >= 0.3 is 0 Å². The van der Waals surface area contributed by atoms with Crippen LogP contribution in [0.15, 0.2) is 42.5 Å². The monoisotopic (exact) mass is 338 g/mol. The SMILES string of the molecule is Cc1cc(C(=O)Nc2ccc(C3CCCCC3)cc2)ccc1[N+](=O)[O-]. The van der Waals surface area contributed by atoms with Crippen molar-refractivity contribution in [2.45, 2.75) is 44.9 Å². The van der Waals surface area contributed by atoms with Gasteiger partial charge in [0.2, 0.25) is 0 Å². The first-order valence-electron chi connectivity index (χ1n) is 8.71. The van der Waals surface area contributed by atoms with Gasteiger partial charge in [-0.25, -0.2) is 0 Å². The van der Waals surface area contributed by atoms with Crippen LogP contribution < -0.4 is 5.32 Å². The van der Waals surface area contributed by atoms with Gasteiger partial charge in [0, 0.05) is 22.9 Å². The van der Waals surface area contributed by atoms with E-state index in [-0.39, 0.29) is 11.6 Å². The maximum absolute atomic E-state index is 12.4. The molecule has 1 fully saturated rings. The molecule has 0 heterocycles. The molecular weight excluding hydrogens is 316 g/mol. The summed E-state index contributed by atoms with van der Waals surface area (Å²) >= 11 is 0. The van der Waals surface area contributed by atoms with Gasteiger partial charge in [0.05, 0.1) is 4.92 Å². The van der Waals surface area contributed by atoms with Crippen molar-refractivity contribution in [2.24, 2.45) is 0 Å². The molecule has 5 nitrogen and oxygen atoms in total. The van der Waals surface area contributed by atoms with Crippen LogP contribution in [0.5, 0.6) is 0 Å². The largest absolute Gasteiger partial charge is 0.322 e. The molecule has 130 valence electrons. The molecule has 0 atom stereocenters. The highest BCUT2D eigenvalue weighted by Gasteiger charge is 2.16. The average Bonchev–Trinajstić information content (AvgIpc) is 2.62. The molecule has 1 saturated carbocycles. The Kier molecular flexibility index (Phi) is 5.12. The topological polar surface area (TPSA) is 72.2 Å². The number of anilines is 1. The molecule has 0 unspecified atom stereocenters. The lowest BCUT2D eigenvalue weighted by molar-refractivity contribution is -0.385. The number of amides is 1. The zero-order chi connectivity index (χ0) is 17.8. The molecule has 0 bridgehead atoms. The van der Waals surface area contributed by atoms with Crippen molar-refractivity contribution in [1.29, 1.82) is 0 Å². The Labute approximate surface area is 147 Å². The smallest absolute Gasteiger partial charge is 0.272 e. The molecule has 1 N–H and O–H groups in total. The normalized spacial score (nSPS) is 14.9. The van der Waals surface area contributed by atoms with Gasteiger partial charge in [-0.05, 0) is 55.5 Å². The second kappa shape index (κ2) is 7.47. The van der Waals surface area contributed by atoms with Gasteiger partial charge in [0.15, 0.2) is 0 Å². The quantitative estimate of drug-likeness (QED) is 0.615. The first-order chi connectivity index (χ1) is 12.0. The van der Waals surface area contributed by atoms with Gasteiger partial charge in [-0.15, -0.1) is 0 Å². The van der Waals surface area contributed by atoms with Crippen molar-refractivity contribution >= 4 is 17.3 Å². The first-order valence-corrected chi connectivity index (χ1v) is 8.71. The molecule has 0 aromatic heterocycles. The highest BCUT2D eigenvalue weighted by Crippen LogP contribution is 2.33. The van der Waals surface area contributed by atoms with Crippen molar-refractivity contribution in [2.75, 3.05) is 5.32 Å². The summed E-state index contributed by atoms with van der Waals surface area (Å²) < 4.78 is 0. The minimum atomic E-state index is -0.443. The highest BCUT2D eigenvalue weighted by molar-refractivity contribution is 6.04. The minimum Gasteiger partial charge on any atom is -0.322 e. The van der Waals surface area contributed by atoms with E-state index in [0.717, 1.165) is 5.69 Å². The molecule has 2 aromatic rings. The van der Waals surface area contributed by atoms with Crippen molar-refractivity contribution < 1.29 is 9.72 Å². The first kappa shape index (κ1) is 17.1. The van der Waals surface area contributed by atoms with E-state index < -0.39 is 4.92 Å². The third-order valence-electron chi connectivity index (χ3n) is 4.90. The number of nitrogens with one attached hydrogen (secondary N) is 1. The number of hydrogen-bond donors (Lipinski definition) is 1. The second-order valence-electron chi connectivity index (χ2n) is 6.67. The zero-order valence-corrected chi connectivity index (χ0v) is 14.3. The summed E-state index contributed by atoms with van der Waals surface area (Å²) in [5.41, 5.74) is 2.99. The lowest BCUT2D eigenvalue weighted by atomic mass is 9.84. The van der Waals surface area contributed by atoms with Crippen LogP contribution in [0.25, 0.3) is 0 Å². The number of nitro benzene ring substituents is 1. The Hall–Kier alpha value is -2.69. The average molecular weight is 338 g/mol. The van der Waals surface area contributed by atoms with Crippen molar-refractivity contribution in [3.05, 3.63) is 69.3 Å². The molecule has 5 heteroatoms. The lowest BCUT2D eigenvalue weighted by Gasteiger charge is -2.22. The molecule has 1 aliphatic carbocycles. The standard InChI is InChI=1S/C20H22N2O3/c1-14-13-17(9-12-19(14)22(24)25)20(23)21-18-10-7-16(8-11-18)15-5-3-2-4-6-15/h7-13,15H,2-6H2,1H3,(H,21,23). The Morgan fingerprint density at radius 3 is 2.36 bits per heavy atom. The number of benzene rings is 2. The van der Waals surface area contributed by atoms with Gasteiger partial charge in [0.25, 0.3) is 11.6 Å². The molecule has 3 rings (SSSR count). The number of rotatable bonds is 4. The van der Waals surface area contributed by atoms with Crippen LogP contribution in [0, 0.1) is 17.0 Å². The van der Waals surface area contributed by atoms with Crippen LogP contribution in [0.4, 0.5) is 11.4 Å². The number of aryl methyl sites for hydroxylation is 1. The molecule has 0 saturated heterocycles. The predicted molar refractivity (Wildman–Crippen MR) is 98.1 cm³/mol. The maximum Gasteiger partial charge on any atom is 0.272 e. The van der Waals surface area contributed by atoms with E-state index in [1.165, 1.54) is 49.8 Å². The fourth-order valence-electron chi connectivity index (χ4n) is 3.48. The van der Waals surface area contributed by atoms with Crippen molar-refractivity contribution in [1.82, 2.24) is 0 Å². The summed E-state index contributed by atoms with van der Waals surface area (Å²) in [6.45, 7) is 1.63. The van der Waals surface area contributed by atoms with Gasteiger partial charge in [-0.2, -0.15) is 0 Å². The Morgan fingerprint density at radius 2 is 1.76 bits per heavy atom. The highest BCUT2D eigenvalue weighted by atomic mass is 16.6. The molecular formula is C20H22N2O3. The predicted octanol–water partition coefficient (Wildman–Crippen LogP) is 5.20. The summed E-state index contributed by atoms with van der Waals surface area (Å²) in [6.07, 6.45) is 6.41. The van der Waals surface area contributed by atoms with Crippen molar-refractivity contribution in [3.63, 3.8) is 0 Å². The van der Waals surface area contributed by atoms with E-state index in [1.54, 1.807) is 13.0 Å². The number of nitrogens with zero attached hydrogens (tertiary/aromatic N) is 1. The summed E-state index contributed by atoms with van der Waals surface area (Å²) in [7, 11) is 0. The molecule has 2 aromatic carbocycles. The third kappa shape index (κ3) is 4.05. The minimum absolute atomic E-state index is 0.0217. The van der Waals surface area contributed by atoms with Crippen LogP contribution in [0.3, 0.4) is 0 Å². The second-order valence-corrected chi connectivity index (χ2v) is 6.67.